The highest BCUT2D eigenvalue weighted by Crippen LogP contribution is 2.32. The van der Waals surface area contributed by atoms with Gasteiger partial charge in [-0.15, -0.1) is 11.8 Å². The number of halogens is 3. The molecule has 0 aliphatic heterocycles. The van der Waals surface area contributed by atoms with Crippen molar-refractivity contribution in [1.82, 2.24) is 0 Å². The molecule has 0 heterocycles. The highest BCUT2D eigenvalue weighted by Gasteiger charge is 2.29. The molecule has 0 saturated heterocycles. The molecule has 0 fully saturated rings. The Balaban J connectivity index is 1.81. The fourth-order valence-corrected chi connectivity index (χ4v) is 3.26. The molecular weight excluding hydrogens is 301 g/mol. The molecule has 6 heteroatoms. The van der Waals surface area contributed by atoms with Crippen LogP contribution >= 0.6 is 11.8 Å². The molecule has 0 radical (unpaired) electrons. The maximum Gasteiger partial charge on any atom is 0.416 e. The molecule has 2 rings (SSSR count). The van der Waals surface area contributed by atoms with Crippen LogP contribution in [-0.2, 0) is 11.0 Å². The second-order valence-electron chi connectivity index (χ2n) is 5.04. The van der Waals surface area contributed by atoms with E-state index in [2.05, 4.69) is 0 Å². The zero-order valence-corrected chi connectivity index (χ0v) is 12.0. The van der Waals surface area contributed by atoms with Gasteiger partial charge in [0.15, 0.2) is 5.78 Å². The number of alkyl halides is 3. The number of hydrogen-bond donors (Lipinski definition) is 1. The largest absolute Gasteiger partial charge is 0.512 e. The molecule has 1 N–H and O–H groups in total. The summed E-state index contributed by atoms with van der Waals surface area (Å²) in [5, 5.41) is 9.40. The number of aliphatic hydroxyl groups is 1. The molecular formula is C15H15F3O2S. The quantitative estimate of drug-likeness (QED) is 0.824. The monoisotopic (exact) mass is 316 g/mol. The van der Waals surface area contributed by atoms with Gasteiger partial charge in [0, 0.05) is 23.8 Å². The van der Waals surface area contributed by atoms with Gasteiger partial charge in [0.25, 0.3) is 0 Å². The normalized spacial score (nSPS) is 19.5. The van der Waals surface area contributed by atoms with Gasteiger partial charge in [0.2, 0.25) is 0 Å². The van der Waals surface area contributed by atoms with Crippen LogP contribution in [0.3, 0.4) is 0 Å². The number of carbonyl (C=O) groups is 1. The van der Waals surface area contributed by atoms with Gasteiger partial charge in [-0.3, -0.25) is 4.79 Å². The van der Waals surface area contributed by atoms with Crippen molar-refractivity contribution in [3.63, 3.8) is 0 Å². The van der Waals surface area contributed by atoms with E-state index in [9.17, 15) is 23.1 Å². The molecule has 1 unspecified atom stereocenters. The van der Waals surface area contributed by atoms with Gasteiger partial charge < -0.3 is 5.11 Å². The first kappa shape index (κ1) is 15.9. The average Bonchev–Trinajstić information content (AvgIpc) is 2.37. The van der Waals surface area contributed by atoms with E-state index in [0.717, 1.165) is 23.4 Å². The van der Waals surface area contributed by atoms with E-state index >= 15 is 0 Å². The zero-order chi connectivity index (χ0) is 15.5. The Kier molecular flexibility index (Phi) is 4.98. The molecule has 1 aliphatic rings. The maximum absolute atomic E-state index is 12.4. The molecule has 21 heavy (non-hydrogen) atoms. The number of allylic oxidation sites excluding steroid dienone is 2. The summed E-state index contributed by atoms with van der Waals surface area (Å²) < 4.78 is 37.3. The summed E-state index contributed by atoms with van der Waals surface area (Å²) >= 11 is 1.46. The van der Waals surface area contributed by atoms with E-state index in [-0.39, 0.29) is 17.5 Å². The minimum Gasteiger partial charge on any atom is -0.512 e. The molecule has 114 valence electrons. The van der Waals surface area contributed by atoms with Gasteiger partial charge >= 0.3 is 6.18 Å². The minimum absolute atomic E-state index is 0.0664. The van der Waals surface area contributed by atoms with Gasteiger partial charge in [-0.05, 0) is 42.4 Å². The average molecular weight is 316 g/mol. The molecule has 1 aliphatic carbocycles. The Labute approximate surface area is 125 Å². The van der Waals surface area contributed by atoms with Crippen molar-refractivity contribution in [2.45, 2.75) is 30.3 Å². The van der Waals surface area contributed by atoms with Gasteiger partial charge in [0.1, 0.15) is 0 Å². The Morgan fingerprint density at radius 1 is 1.19 bits per heavy atom. The first-order valence-electron chi connectivity index (χ1n) is 6.57. The van der Waals surface area contributed by atoms with Crippen molar-refractivity contribution in [2.75, 3.05) is 5.75 Å². The summed E-state index contributed by atoms with van der Waals surface area (Å²) in [5.74, 6) is 0.875. The molecule has 1 atom stereocenters. The van der Waals surface area contributed by atoms with Crippen molar-refractivity contribution >= 4 is 17.5 Å². The van der Waals surface area contributed by atoms with Gasteiger partial charge in [-0.2, -0.15) is 13.2 Å². The highest BCUT2D eigenvalue weighted by molar-refractivity contribution is 7.99. The Hall–Kier alpha value is -1.43. The third-order valence-electron chi connectivity index (χ3n) is 3.29. The summed E-state index contributed by atoms with van der Waals surface area (Å²) in [5.41, 5.74) is -0.653. The fourth-order valence-electron chi connectivity index (χ4n) is 2.24. The molecule has 0 amide bonds. The fraction of sp³-hybridized carbons (Fsp3) is 0.400. The van der Waals surface area contributed by atoms with Crippen molar-refractivity contribution in [1.29, 1.82) is 0 Å². The van der Waals surface area contributed by atoms with Crippen molar-refractivity contribution in [3.05, 3.63) is 41.7 Å². The number of rotatable bonds is 4. The molecule has 1 aromatic rings. The highest BCUT2D eigenvalue weighted by atomic mass is 32.2. The second-order valence-corrected chi connectivity index (χ2v) is 6.20. The van der Waals surface area contributed by atoms with Gasteiger partial charge in [0.05, 0.1) is 11.3 Å². The van der Waals surface area contributed by atoms with Crippen LogP contribution in [0.15, 0.2) is 41.0 Å². The topological polar surface area (TPSA) is 37.3 Å². The Morgan fingerprint density at radius 3 is 2.43 bits per heavy atom. The van der Waals surface area contributed by atoms with E-state index in [4.69, 9.17) is 0 Å². The minimum atomic E-state index is -4.31. The molecule has 0 spiro atoms. The lowest BCUT2D eigenvalue weighted by Gasteiger charge is -2.18. The number of hydrogen-bond acceptors (Lipinski definition) is 3. The summed E-state index contributed by atoms with van der Waals surface area (Å²) in [6.07, 6.45) is -1.37. The summed E-state index contributed by atoms with van der Waals surface area (Å²) in [6, 6.07) is 5.05. The lowest BCUT2D eigenvalue weighted by atomic mass is 9.90. The van der Waals surface area contributed by atoms with Crippen LogP contribution in [0.4, 0.5) is 13.2 Å². The first-order valence-corrected chi connectivity index (χ1v) is 7.55. The van der Waals surface area contributed by atoms with E-state index in [1.807, 2.05) is 0 Å². The molecule has 0 bridgehead atoms. The number of carbonyl (C=O) groups excluding carboxylic acids is 1. The van der Waals surface area contributed by atoms with Crippen LogP contribution in [0.2, 0.25) is 0 Å². The van der Waals surface area contributed by atoms with E-state index < -0.39 is 11.7 Å². The predicted molar refractivity (Wildman–Crippen MR) is 75.2 cm³/mol. The zero-order valence-electron chi connectivity index (χ0n) is 11.2. The summed E-state index contributed by atoms with van der Waals surface area (Å²) in [6.45, 7) is 0. The number of benzene rings is 1. The van der Waals surface area contributed by atoms with Crippen LogP contribution in [0, 0.1) is 5.92 Å². The SMILES string of the molecule is O=C1C=C(O)CC(CCSc2ccc(C(F)(F)F)cc2)C1. The van der Waals surface area contributed by atoms with Crippen LogP contribution in [-0.4, -0.2) is 16.6 Å². The Bertz CT molecular complexity index is 535. The molecule has 0 saturated carbocycles. The van der Waals surface area contributed by atoms with Crippen LogP contribution in [0.1, 0.15) is 24.8 Å². The van der Waals surface area contributed by atoms with Crippen molar-refractivity contribution in [2.24, 2.45) is 5.92 Å². The van der Waals surface area contributed by atoms with Crippen LogP contribution in [0.25, 0.3) is 0 Å². The van der Waals surface area contributed by atoms with Crippen molar-refractivity contribution < 1.29 is 23.1 Å². The van der Waals surface area contributed by atoms with E-state index in [0.29, 0.717) is 18.6 Å². The molecule has 1 aromatic carbocycles. The lowest BCUT2D eigenvalue weighted by Crippen LogP contribution is -2.14. The Morgan fingerprint density at radius 2 is 1.86 bits per heavy atom. The number of thioether (sulfide) groups is 1. The maximum atomic E-state index is 12.4. The summed E-state index contributed by atoms with van der Waals surface area (Å²) in [7, 11) is 0. The van der Waals surface area contributed by atoms with Crippen LogP contribution < -0.4 is 0 Å². The lowest BCUT2D eigenvalue weighted by molar-refractivity contribution is -0.137. The smallest absolute Gasteiger partial charge is 0.416 e. The first-order chi connectivity index (χ1) is 9.84. The van der Waals surface area contributed by atoms with Crippen molar-refractivity contribution in [3.8, 4) is 0 Å². The summed E-state index contributed by atoms with van der Waals surface area (Å²) in [4.78, 5) is 12.1. The second kappa shape index (κ2) is 6.56. The van der Waals surface area contributed by atoms with Crippen LogP contribution in [0.5, 0.6) is 0 Å². The third kappa shape index (κ3) is 4.81. The molecule has 2 nitrogen and oxygen atoms in total. The van der Waals surface area contributed by atoms with Gasteiger partial charge in [-0.25, -0.2) is 0 Å². The van der Waals surface area contributed by atoms with Gasteiger partial charge in [-0.1, -0.05) is 0 Å². The number of aliphatic hydroxyl groups excluding tert-OH is 1. The predicted octanol–water partition coefficient (Wildman–Crippen LogP) is 4.61. The molecule has 0 aromatic heterocycles. The van der Waals surface area contributed by atoms with E-state index in [1.165, 1.54) is 30.0 Å². The standard InChI is InChI=1S/C15H15F3O2S/c16-15(17,18)11-1-3-14(4-2-11)21-6-5-10-7-12(19)9-13(20)8-10/h1-4,9-10,19H,5-8H2. The third-order valence-corrected chi connectivity index (χ3v) is 4.34. The van der Waals surface area contributed by atoms with E-state index in [1.54, 1.807) is 0 Å². The number of ketones is 1.